The maximum atomic E-state index is 12.2. The van der Waals surface area contributed by atoms with Crippen molar-refractivity contribution >= 4 is 15.9 Å². The number of nitrogens with two attached hydrogens (primary N) is 1. The predicted molar refractivity (Wildman–Crippen MR) is 89.4 cm³/mol. The molecule has 0 spiro atoms. The number of primary sulfonamides is 1. The molecule has 6 nitrogen and oxygen atoms in total. The second-order valence-corrected chi connectivity index (χ2v) is 7.56. The lowest BCUT2D eigenvalue weighted by Gasteiger charge is -2.31. The van der Waals surface area contributed by atoms with Crippen molar-refractivity contribution in [3.05, 3.63) is 29.8 Å². The van der Waals surface area contributed by atoms with Crippen molar-refractivity contribution in [2.45, 2.75) is 43.5 Å². The van der Waals surface area contributed by atoms with E-state index in [9.17, 15) is 13.2 Å². The molecule has 0 bridgehead atoms. The zero-order valence-electron chi connectivity index (χ0n) is 13.5. The van der Waals surface area contributed by atoms with E-state index in [1.807, 2.05) is 6.92 Å². The maximum absolute atomic E-state index is 12.2. The van der Waals surface area contributed by atoms with Crippen molar-refractivity contribution in [3.63, 3.8) is 0 Å². The molecule has 1 fully saturated rings. The van der Waals surface area contributed by atoms with Gasteiger partial charge in [0.25, 0.3) is 0 Å². The fourth-order valence-corrected chi connectivity index (χ4v) is 3.31. The number of hydrogen-bond acceptors (Lipinski definition) is 4. The smallest absolute Gasteiger partial charge is 0.238 e. The first-order valence-electron chi connectivity index (χ1n) is 8.01. The predicted octanol–water partition coefficient (Wildman–Crippen LogP) is 0.867. The maximum Gasteiger partial charge on any atom is 0.238 e. The summed E-state index contributed by atoms with van der Waals surface area (Å²) in [5.41, 5.74) is 0.961. The highest BCUT2D eigenvalue weighted by molar-refractivity contribution is 7.89. The number of rotatable bonds is 6. The SMILES string of the molecule is C[C@@H](C(=O)NCCc1ccc(S(N)(=O)=O)cc1)N1CCCCC1. The van der Waals surface area contributed by atoms with Crippen LogP contribution in [0.1, 0.15) is 31.7 Å². The van der Waals surface area contributed by atoms with Gasteiger partial charge in [-0.2, -0.15) is 0 Å². The summed E-state index contributed by atoms with van der Waals surface area (Å²) in [5, 5.41) is 8.01. The van der Waals surface area contributed by atoms with Crippen molar-refractivity contribution in [3.8, 4) is 0 Å². The fraction of sp³-hybridized carbons (Fsp3) is 0.562. The second kappa shape index (κ2) is 7.90. The van der Waals surface area contributed by atoms with Crippen LogP contribution in [-0.2, 0) is 21.2 Å². The van der Waals surface area contributed by atoms with Gasteiger partial charge in [0, 0.05) is 6.54 Å². The van der Waals surface area contributed by atoms with Crippen LogP contribution < -0.4 is 10.5 Å². The average Bonchev–Trinajstić information content (AvgIpc) is 2.54. The highest BCUT2D eigenvalue weighted by Crippen LogP contribution is 2.12. The molecule has 1 aliphatic heterocycles. The van der Waals surface area contributed by atoms with Gasteiger partial charge in [0.2, 0.25) is 15.9 Å². The molecule has 1 aliphatic rings. The summed E-state index contributed by atoms with van der Waals surface area (Å²) < 4.78 is 22.4. The number of nitrogens with one attached hydrogen (secondary N) is 1. The minimum atomic E-state index is -3.65. The van der Waals surface area contributed by atoms with Crippen LogP contribution in [0, 0.1) is 0 Å². The Balaban J connectivity index is 1.78. The van der Waals surface area contributed by atoms with Crippen LogP contribution in [-0.4, -0.2) is 44.9 Å². The monoisotopic (exact) mass is 339 g/mol. The molecule has 1 heterocycles. The van der Waals surface area contributed by atoms with E-state index >= 15 is 0 Å². The first-order chi connectivity index (χ1) is 10.9. The molecule has 3 N–H and O–H groups in total. The van der Waals surface area contributed by atoms with E-state index in [-0.39, 0.29) is 16.8 Å². The van der Waals surface area contributed by atoms with Gasteiger partial charge >= 0.3 is 0 Å². The van der Waals surface area contributed by atoms with Gasteiger partial charge in [0.1, 0.15) is 0 Å². The molecule has 0 aliphatic carbocycles. The van der Waals surface area contributed by atoms with E-state index in [4.69, 9.17) is 5.14 Å². The largest absolute Gasteiger partial charge is 0.354 e. The molecule has 1 aromatic carbocycles. The number of amides is 1. The van der Waals surface area contributed by atoms with Crippen molar-refractivity contribution < 1.29 is 13.2 Å². The summed E-state index contributed by atoms with van der Waals surface area (Å²) in [4.78, 5) is 14.5. The molecule has 0 radical (unpaired) electrons. The molecule has 1 amide bonds. The van der Waals surface area contributed by atoms with Gasteiger partial charge in [-0.25, -0.2) is 13.6 Å². The molecule has 1 aromatic rings. The average molecular weight is 339 g/mol. The van der Waals surface area contributed by atoms with Crippen LogP contribution in [0.2, 0.25) is 0 Å². The van der Waals surface area contributed by atoms with Crippen LogP contribution in [0.15, 0.2) is 29.2 Å². The third-order valence-corrected chi connectivity index (χ3v) is 5.21. The molecule has 0 aromatic heterocycles. The lowest BCUT2D eigenvalue weighted by molar-refractivity contribution is -0.126. The Hall–Kier alpha value is -1.44. The Bertz CT molecular complexity index is 622. The number of likely N-dealkylation sites (tertiary alicyclic amines) is 1. The summed E-state index contributed by atoms with van der Waals surface area (Å²) in [6.07, 6.45) is 4.23. The third-order valence-electron chi connectivity index (χ3n) is 4.28. The number of carbonyl (C=O) groups excluding carboxylic acids is 1. The molecule has 0 unspecified atom stereocenters. The van der Waals surface area contributed by atoms with E-state index in [1.54, 1.807) is 12.1 Å². The van der Waals surface area contributed by atoms with Crippen molar-refractivity contribution in [2.24, 2.45) is 5.14 Å². The van der Waals surface area contributed by atoms with Gasteiger partial charge in [-0.3, -0.25) is 9.69 Å². The second-order valence-electron chi connectivity index (χ2n) is 6.00. The van der Waals surface area contributed by atoms with E-state index in [0.717, 1.165) is 31.5 Å². The van der Waals surface area contributed by atoms with E-state index in [0.29, 0.717) is 13.0 Å². The van der Waals surface area contributed by atoms with Crippen molar-refractivity contribution in [1.82, 2.24) is 10.2 Å². The van der Waals surface area contributed by atoms with Crippen LogP contribution in [0.5, 0.6) is 0 Å². The minimum absolute atomic E-state index is 0.0491. The van der Waals surface area contributed by atoms with Gasteiger partial charge in [0.15, 0.2) is 0 Å². The van der Waals surface area contributed by atoms with Crippen LogP contribution in [0.4, 0.5) is 0 Å². The van der Waals surface area contributed by atoms with Gasteiger partial charge in [-0.05, 0) is 57.0 Å². The summed E-state index contributed by atoms with van der Waals surface area (Å²) in [5.74, 6) is 0.0491. The topological polar surface area (TPSA) is 92.5 Å². The normalized spacial score (nSPS) is 17.7. The number of carbonyl (C=O) groups is 1. The lowest BCUT2D eigenvalue weighted by atomic mass is 10.1. The van der Waals surface area contributed by atoms with Gasteiger partial charge in [0.05, 0.1) is 10.9 Å². The molecular weight excluding hydrogens is 314 g/mol. The van der Waals surface area contributed by atoms with Gasteiger partial charge < -0.3 is 5.32 Å². The van der Waals surface area contributed by atoms with E-state index in [2.05, 4.69) is 10.2 Å². The molecule has 1 atom stereocenters. The number of benzene rings is 1. The Kier molecular flexibility index (Phi) is 6.15. The van der Waals surface area contributed by atoms with Gasteiger partial charge in [-0.15, -0.1) is 0 Å². The van der Waals surface area contributed by atoms with Gasteiger partial charge in [-0.1, -0.05) is 18.6 Å². The quantitative estimate of drug-likeness (QED) is 0.804. The molecule has 0 saturated carbocycles. The molecule has 2 rings (SSSR count). The van der Waals surface area contributed by atoms with Crippen molar-refractivity contribution in [2.75, 3.05) is 19.6 Å². The number of piperidine rings is 1. The first-order valence-corrected chi connectivity index (χ1v) is 9.56. The number of sulfonamides is 1. The minimum Gasteiger partial charge on any atom is -0.354 e. The van der Waals surface area contributed by atoms with Crippen LogP contribution in [0.25, 0.3) is 0 Å². The molecule has 128 valence electrons. The zero-order chi connectivity index (χ0) is 16.9. The zero-order valence-corrected chi connectivity index (χ0v) is 14.3. The van der Waals surface area contributed by atoms with Crippen LogP contribution in [0.3, 0.4) is 0 Å². The first kappa shape index (κ1) is 17.9. The number of nitrogens with zero attached hydrogens (tertiary/aromatic N) is 1. The summed E-state index contributed by atoms with van der Waals surface area (Å²) >= 11 is 0. The summed E-state index contributed by atoms with van der Waals surface area (Å²) in [6.45, 7) is 4.46. The Morgan fingerprint density at radius 3 is 2.39 bits per heavy atom. The third kappa shape index (κ3) is 5.30. The lowest BCUT2D eigenvalue weighted by Crippen LogP contribution is -2.47. The molecular formula is C16H25N3O3S. The molecule has 23 heavy (non-hydrogen) atoms. The summed E-state index contributed by atoms with van der Waals surface area (Å²) in [7, 11) is -3.65. The van der Waals surface area contributed by atoms with Crippen molar-refractivity contribution in [1.29, 1.82) is 0 Å². The number of hydrogen-bond donors (Lipinski definition) is 2. The fourth-order valence-electron chi connectivity index (χ4n) is 2.80. The molecule has 1 saturated heterocycles. The standard InChI is InChI=1S/C16H25N3O3S/c1-13(19-11-3-2-4-12-19)16(20)18-10-9-14-5-7-15(8-6-14)23(17,21)22/h5-8,13H,2-4,9-12H2,1H3,(H,18,20)(H2,17,21,22)/t13-/m0/s1. The van der Waals surface area contributed by atoms with E-state index < -0.39 is 10.0 Å². The Morgan fingerprint density at radius 1 is 1.22 bits per heavy atom. The van der Waals surface area contributed by atoms with E-state index in [1.165, 1.54) is 18.6 Å². The summed E-state index contributed by atoms with van der Waals surface area (Å²) in [6, 6.07) is 6.33. The Morgan fingerprint density at radius 2 is 1.83 bits per heavy atom. The highest BCUT2D eigenvalue weighted by atomic mass is 32.2. The van der Waals surface area contributed by atoms with Crippen LogP contribution >= 0.6 is 0 Å². The highest BCUT2D eigenvalue weighted by Gasteiger charge is 2.22. The Labute approximate surface area is 138 Å². The molecule has 7 heteroatoms.